The third-order valence-corrected chi connectivity index (χ3v) is 4.73. The van der Waals surface area contributed by atoms with E-state index in [1.165, 1.54) is 30.4 Å². The van der Waals surface area contributed by atoms with Crippen molar-refractivity contribution >= 4 is 41.0 Å². The number of nitrogens with one attached hydrogen (secondary N) is 2. The molecule has 0 bridgehead atoms. The van der Waals surface area contributed by atoms with Gasteiger partial charge in [0.05, 0.1) is 4.92 Å². The first-order valence-electron chi connectivity index (χ1n) is 10.2. The molecule has 7 nitrogen and oxygen atoms in total. The summed E-state index contributed by atoms with van der Waals surface area (Å²) in [6.07, 6.45) is 5.94. The maximum Gasteiger partial charge on any atom is 0.292 e. The molecular formula is C26H23N3O4. The van der Waals surface area contributed by atoms with Crippen molar-refractivity contribution in [3.05, 3.63) is 111 Å². The average Bonchev–Trinajstić information content (AvgIpc) is 2.78. The number of nitrogens with zero attached hydrogens (tertiary/aromatic N) is 1. The Morgan fingerprint density at radius 1 is 0.758 bits per heavy atom. The van der Waals surface area contributed by atoms with Gasteiger partial charge in [-0.25, -0.2) is 0 Å². The highest BCUT2D eigenvalue weighted by Gasteiger charge is 2.16. The van der Waals surface area contributed by atoms with Gasteiger partial charge in [-0.05, 0) is 49.3 Å². The predicted molar refractivity (Wildman–Crippen MR) is 131 cm³/mol. The lowest BCUT2D eigenvalue weighted by Crippen LogP contribution is -2.12. The smallest absolute Gasteiger partial charge is 0.292 e. The molecule has 0 spiro atoms. The van der Waals surface area contributed by atoms with Crippen molar-refractivity contribution in [2.45, 2.75) is 13.8 Å². The molecule has 0 aliphatic carbocycles. The lowest BCUT2D eigenvalue weighted by atomic mass is 10.1. The molecule has 3 aromatic carbocycles. The Hall–Kier alpha value is -4.52. The summed E-state index contributed by atoms with van der Waals surface area (Å²) >= 11 is 0. The number of carbonyl (C=O) groups excluding carboxylic acids is 2. The monoisotopic (exact) mass is 441 g/mol. The Morgan fingerprint density at radius 3 is 1.73 bits per heavy atom. The van der Waals surface area contributed by atoms with E-state index < -0.39 is 16.7 Å². The minimum atomic E-state index is -0.595. The second kappa shape index (κ2) is 10.7. The third-order valence-electron chi connectivity index (χ3n) is 4.73. The summed E-state index contributed by atoms with van der Waals surface area (Å²) in [5, 5.41) is 16.5. The van der Waals surface area contributed by atoms with Gasteiger partial charge >= 0.3 is 0 Å². The Morgan fingerprint density at radius 2 is 1.24 bits per heavy atom. The van der Waals surface area contributed by atoms with E-state index in [-0.39, 0.29) is 11.4 Å². The molecule has 0 fully saturated rings. The van der Waals surface area contributed by atoms with Gasteiger partial charge in [-0.15, -0.1) is 0 Å². The van der Waals surface area contributed by atoms with Crippen molar-refractivity contribution in [1.82, 2.24) is 0 Å². The fourth-order valence-electron chi connectivity index (χ4n) is 2.93. The minimum absolute atomic E-state index is 0.0149. The largest absolute Gasteiger partial charge is 0.322 e. The van der Waals surface area contributed by atoms with E-state index in [2.05, 4.69) is 10.6 Å². The quantitative estimate of drug-likeness (QED) is 0.286. The fraction of sp³-hybridized carbons (Fsp3) is 0.0769. The normalized spacial score (nSPS) is 11.0. The molecule has 7 heteroatoms. The number of anilines is 2. The molecule has 0 heterocycles. The van der Waals surface area contributed by atoms with Gasteiger partial charge in [-0.2, -0.15) is 0 Å². The summed E-state index contributed by atoms with van der Waals surface area (Å²) in [6, 6.07) is 19.2. The molecule has 0 aliphatic rings. The number of carbonyl (C=O) groups is 2. The van der Waals surface area contributed by atoms with Crippen molar-refractivity contribution in [2.75, 3.05) is 10.6 Å². The molecule has 2 amide bonds. The van der Waals surface area contributed by atoms with Gasteiger partial charge in [0.2, 0.25) is 11.8 Å². The number of aryl methyl sites for hydroxylation is 2. The first-order valence-corrected chi connectivity index (χ1v) is 10.2. The maximum atomic E-state index is 12.3. The van der Waals surface area contributed by atoms with E-state index >= 15 is 0 Å². The molecule has 33 heavy (non-hydrogen) atoms. The summed E-state index contributed by atoms with van der Waals surface area (Å²) in [7, 11) is 0. The van der Waals surface area contributed by atoms with Crippen LogP contribution in [0.2, 0.25) is 0 Å². The topological polar surface area (TPSA) is 101 Å². The SMILES string of the molecule is Cc1ccc(/C=C/C(=O)Nc2ccc([N+](=O)[O-])c(NC(=O)/C=C/c3ccc(C)cc3)c2)cc1. The Bertz CT molecular complexity index is 1230. The number of rotatable bonds is 7. The fourth-order valence-corrected chi connectivity index (χ4v) is 2.93. The number of amides is 2. The first-order chi connectivity index (χ1) is 15.8. The number of hydrogen-bond donors (Lipinski definition) is 2. The van der Waals surface area contributed by atoms with Gasteiger partial charge < -0.3 is 10.6 Å². The van der Waals surface area contributed by atoms with Crippen LogP contribution in [0.25, 0.3) is 12.2 Å². The van der Waals surface area contributed by atoms with Crippen molar-refractivity contribution in [3.8, 4) is 0 Å². The van der Waals surface area contributed by atoms with Crippen molar-refractivity contribution in [3.63, 3.8) is 0 Å². The molecule has 3 aromatic rings. The highest BCUT2D eigenvalue weighted by Crippen LogP contribution is 2.28. The predicted octanol–water partition coefficient (Wildman–Crippen LogP) is 5.52. The van der Waals surface area contributed by atoms with E-state index in [4.69, 9.17) is 0 Å². The summed E-state index contributed by atoms with van der Waals surface area (Å²) in [5.74, 6) is -0.928. The highest BCUT2D eigenvalue weighted by atomic mass is 16.6. The molecule has 0 radical (unpaired) electrons. The third kappa shape index (κ3) is 7.00. The van der Waals surface area contributed by atoms with E-state index in [9.17, 15) is 19.7 Å². The van der Waals surface area contributed by atoms with Crippen LogP contribution >= 0.6 is 0 Å². The molecule has 0 atom stereocenters. The van der Waals surface area contributed by atoms with Crippen LogP contribution in [-0.4, -0.2) is 16.7 Å². The highest BCUT2D eigenvalue weighted by molar-refractivity contribution is 6.05. The zero-order valence-corrected chi connectivity index (χ0v) is 18.2. The zero-order valence-electron chi connectivity index (χ0n) is 18.2. The van der Waals surface area contributed by atoms with Crippen molar-refractivity contribution in [1.29, 1.82) is 0 Å². The van der Waals surface area contributed by atoms with Gasteiger partial charge in [0.25, 0.3) is 5.69 Å². The van der Waals surface area contributed by atoms with E-state index in [1.54, 1.807) is 12.2 Å². The Labute approximate surface area is 191 Å². The second-order valence-electron chi connectivity index (χ2n) is 7.46. The molecule has 0 saturated heterocycles. The van der Waals surface area contributed by atoms with Crippen LogP contribution in [0.1, 0.15) is 22.3 Å². The maximum absolute atomic E-state index is 12.3. The molecule has 3 rings (SSSR count). The van der Waals surface area contributed by atoms with Gasteiger partial charge in [0.15, 0.2) is 0 Å². The van der Waals surface area contributed by atoms with Crippen LogP contribution in [0.4, 0.5) is 17.1 Å². The van der Waals surface area contributed by atoms with Gasteiger partial charge in [0, 0.05) is 23.9 Å². The molecule has 0 unspecified atom stereocenters. The van der Waals surface area contributed by atoms with E-state index in [0.29, 0.717) is 5.69 Å². The van der Waals surface area contributed by atoms with E-state index in [0.717, 1.165) is 22.3 Å². The van der Waals surface area contributed by atoms with Crippen LogP contribution < -0.4 is 10.6 Å². The summed E-state index contributed by atoms with van der Waals surface area (Å²) < 4.78 is 0. The Balaban J connectivity index is 1.71. The molecule has 0 aliphatic heterocycles. The molecule has 0 saturated carbocycles. The number of benzene rings is 3. The number of nitro groups is 1. The number of hydrogen-bond acceptors (Lipinski definition) is 4. The van der Waals surface area contributed by atoms with Gasteiger partial charge in [-0.1, -0.05) is 59.7 Å². The molecule has 166 valence electrons. The summed E-state index contributed by atoms with van der Waals surface area (Å²) in [6.45, 7) is 3.94. The van der Waals surface area contributed by atoms with Gasteiger partial charge in [-0.3, -0.25) is 19.7 Å². The number of nitro benzene ring substituents is 1. The standard InChI is InChI=1S/C26H23N3O4/c1-18-3-7-20(8-4-18)11-15-25(30)27-22-13-14-24(29(32)33)23(17-22)28-26(31)16-12-21-9-5-19(2)6-10-21/h3-17H,1-2H3,(H,27,30)(H,28,31)/b15-11+,16-12+. The second-order valence-corrected chi connectivity index (χ2v) is 7.46. The van der Waals surface area contributed by atoms with E-state index in [1.807, 2.05) is 62.4 Å². The van der Waals surface area contributed by atoms with Crippen LogP contribution in [-0.2, 0) is 9.59 Å². The zero-order chi connectivity index (χ0) is 23.8. The van der Waals surface area contributed by atoms with Gasteiger partial charge in [0.1, 0.15) is 5.69 Å². The lowest BCUT2D eigenvalue weighted by Gasteiger charge is -2.08. The summed E-state index contributed by atoms with van der Waals surface area (Å²) in [5.41, 5.74) is 3.93. The Kier molecular flexibility index (Phi) is 7.49. The van der Waals surface area contributed by atoms with Crippen LogP contribution in [0, 0.1) is 24.0 Å². The van der Waals surface area contributed by atoms with Crippen LogP contribution in [0.5, 0.6) is 0 Å². The average molecular weight is 441 g/mol. The molecular weight excluding hydrogens is 418 g/mol. The van der Waals surface area contributed by atoms with Crippen molar-refractivity contribution < 1.29 is 14.5 Å². The summed E-state index contributed by atoms with van der Waals surface area (Å²) in [4.78, 5) is 35.4. The minimum Gasteiger partial charge on any atom is -0.322 e. The molecule has 0 aromatic heterocycles. The lowest BCUT2D eigenvalue weighted by molar-refractivity contribution is -0.383. The van der Waals surface area contributed by atoms with Crippen molar-refractivity contribution in [2.24, 2.45) is 0 Å². The molecule has 2 N–H and O–H groups in total. The van der Waals surface area contributed by atoms with Crippen LogP contribution in [0.15, 0.2) is 78.9 Å². The van der Waals surface area contributed by atoms with Crippen LogP contribution in [0.3, 0.4) is 0 Å². The first kappa shape index (κ1) is 23.1.